The van der Waals surface area contributed by atoms with Crippen LogP contribution in [0.4, 0.5) is 5.69 Å². The number of rotatable bonds is 4. The number of benzene rings is 2. The lowest BCUT2D eigenvalue weighted by molar-refractivity contribution is -0.136. The first-order valence-corrected chi connectivity index (χ1v) is 7.48. The molecular weight excluding hydrogens is 290 g/mol. The van der Waals surface area contributed by atoms with Crippen LogP contribution in [0.2, 0.25) is 0 Å². The Balaban J connectivity index is 2.05. The van der Waals surface area contributed by atoms with Crippen LogP contribution in [0.15, 0.2) is 48.5 Å². The standard InChI is InChI=1S/C19H21NO3/c1-19(2,3)15-8-6-14(7-9-15)18(23)20-16-10-4-13(5-11-16)12-17(21)22/h4-11H,12H2,1-3H3,(H,20,23)(H,21,22). The Kier molecular flexibility index (Phi) is 4.84. The summed E-state index contributed by atoms with van der Waals surface area (Å²) in [4.78, 5) is 22.9. The van der Waals surface area contributed by atoms with Crippen molar-refractivity contribution in [3.05, 3.63) is 65.2 Å². The van der Waals surface area contributed by atoms with Crippen molar-refractivity contribution >= 4 is 17.6 Å². The lowest BCUT2D eigenvalue weighted by Gasteiger charge is -2.19. The summed E-state index contributed by atoms with van der Waals surface area (Å²) in [5.41, 5.74) is 3.16. The third kappa shape index (κ3) is 4.68. The molecule has 4 nitrogen and oxygen atoms in total. The Morgan fingerprint density at radius 1 is 0.957 bits per heavy atom. The van der Waals surface area contributed by atoms with E-state index >= 15 is 0 Å². The molecule has 0 aromatic heterocycles. The van der Waals surface area contributed by atoms with Crippen LogP contribution in [0.3, 0.4) is 0 Å². The molecule has 0 fully saturated rings. The molecule has 23 heavy (non-hydrogen) atoms. The van der Waals surface area contributed by atoms with Crippen molar-refractivity contribution in [3.8, 4) is 0 Å². The van der Waals surface area contributed by atoms with Gasteiger partial charge in [-0.1, -0.05) is 45.0 Å². The fourth-order valence-electron chi connectivity index (χ4n) is 2.21. The Morgan fingerprint density at radius 3 is 2.00 bits per heavy atom. The topological polar surface area (TPSA) is 66.4 Å². The molecule has 0 bridgehead atoms. The van der Waals surface area contributed by atoms with Gasteiger partial charge in [0.2, 0.25) is 0 Å². The highest BCUT2D eigenvalue weighted by atomic mass is 16.4. The third-order valence-electron chi connectivity index (χ3n) is 3.58. The van der Waals surface area contributed by atoms with E-state index in [0.29, 0.717) is 16.8 Å². The highest BCUT2D eigenvalue weighted by Crippen LogP contribution is 2.22. The molecule has 1 amide bonds. The predicted octanol–water partition coefficient (Wildman–Crippen LogP) is 3.86. The SMILES string of the molecule is CC(C)(C)c1ccc(C(=O)Nc2ccc(CC(=O)O)cc2)cc1. The zero-order valence-electron chi connectivity index (χ0n) is 13.6. The molecule has 0 saturated heterocycles. The lowest BCUT2D eigenvalue weighted by atomic mass is 9.87. The maximum Gasteiger partial charge on any atom is 0.307 e. The number of nitrogens with one attached hydrogen (secondary N) is 1. The first kappa shape index (κ1) is 16.7. The number of aliphatic carboxylic acids is 1. The van der Waals surface area contributed by atoms with Crippen LogP contribution in [-0.2, 0) is 16.6 Å². The monoisotopic (exact) mass is 311 g/mol. The number of hydrogen-bond acceptors (Lipinski definition) is 2. The lowest BCUT2D eigenvalue weighted by Crippen LogP contribution is -2.14. The molecule has 0 radical (unpaired) electrons. The molecule has 2 aromatic carbocycles. The summed E-state index contributed by atoms with van der Waals surface area (Å²) in [5.74, 6) is -1.06. The van der Waals surface area contributed by atoms with Crippen LogP contribution in [0.1, 0.15) is 42.3 Å². The minimum atomic E-state index is -0.874. The summed E-state index contributed by atoms with van der Waals surface area (Å²) >= 11 is 0. The molecule has 0 unspecified atom stereocenters. The van der Waals surface area contributed by atoms with E-state index in [-0.39, 0.29) is 17.7 Å². The molecule has 2 aromatic rings. The smallest absolute Gasteiger partial charge is 0.307 e. The van der Waals surface area contributed by atoms with Crippen molar-refractivity contribution in [2.75, 3.05) is 5.32 Å². The zero-order chi connectivity index (χ0) is 17.0. The van der Waals surface area contributed by atoms with Crippen molar-refractivity contribution in [2.45, 2.75) is 32.6 Å². The molecule has 0 aliphatic heterocycles. The van der Waals surface area contributed by atoms with Crippen LogP contribution in [0, 0.1) is 0 Å². The van der Waals surface area contributed by atoms with Crippen LogP contribution < -0.4 is 5.32 Å². The van der Waals surface area contributed by atoms with Gasteiger partial charge in [0.25, 0.3) is 5.91 Å². The number of carboxylic acid groups (broad SMARTS) is 1. The molecule has 0 aliphatic carbocycles. The molecule has 120 valence electrons. The molecular formula is C19H21NO3. The summed E-state index contributed by atoms with van der Waals surface area (Å²) in [5, 5.41) is 11.6. The number of carbonyl (C=O) groups is 2. The van der Waals surface area contributed by atoms with Gasteiger partial charge in [-0.15, -0.1) is 0 Å². The van der Waals surface area contributed by atoms with Gasteiger partial charge in [-0.25, -0.2) is 0 Å². The fraction of sp³-hybridized carbons (Fsp3) is 0.263. The second kappa shape index (κ2) is 6.65. The minimum Gasteiger partial charge on any atom is -0.481 e. The van der Waals surface area contributed by atoms with Crippen molar-refractivity contribution in [3.63, 3.8) is 0 Å². The first-order valence-electron chi connectivity index (χ1n) is 7.48. The van der Waals surface area contributed by atoms with Crippen molar-refractivity contribution < 1.29 is 14.7 Å². The number of amides is 1. The van der Waals surface area contributed by atoms with Crippen LogP contribution in [-0.4, -0.2) is 17.0 Å². The predicted molar refractivity (Wildman–Crippen MR) is 90.9 cm³/mol. The van der Waals surface area contributed by atoms with Gasteiger partial charge in [0.05, 0.1) is 6.42 Å². The van der Waals surface area contributed by atoms with Gasteiger partial charge in [-0.05, 0) is 40.8 Å². The number of carbonyl (C=O) groups excluding carboxylic acids is 1. The quantitative estimate of drug-likeness (QED) is 0.901. The van der Waals surface area contributed by atoms with E-state index in [0.717, 1.165) is 0 Å². The van der Waals surface area contributed by atoms with Gasteiger partial charge in [-0.3, -0.25) is 9.59 Å². The molecule has 0 saturated carbocycles. The van der Waals surface area contributed by atoms with Crippen molar-refractivity contribution in [1.82, 2.24) is 0 Å². The number of hydrogen-bond donors (Lipinski definition) is 2. The summed E-state index contributed by atoms with van der Waals surface area (Å²) < 4.78 is 0. The van der Waals surface area contributed by atoms with Gasteiger partial charge < -0.3 is 10.4 Å². The maximum absolute atomic E-state index is 12.2. The fourth-order valence-corrected chi connectivity index (χ4v) is 2.21. The highest BCUT2D eigenvalue weighted by molar-refractivity contribution is 6.04. The number of anilines is 1. The highest BCUT2D eigenvalue weighted by Gasteiger charge is 2.14. The zero-order valence-corrected chi connectivity index (χ0v) is 13.6. The summed E-state index contributed by atoms with van der Waals surface area (Å²) in [7, 11) is 0. The Bertz CT molecular complexity index is 695. The molecule has 0 atom stereocenters. The van der Waals surface area contributed by atoms with E-state index in [1.54, 1.807) is 24.3 Å². The summed E-state index contributed by atoms with van der Waals surface area (Å²) in [6, 6.07) is 14.4. The average molecular weight is 311 g/mol. The molecule has 0 aliphatic rings. The normalized spacial score (nSPS) is 11.1. The Hall–Kier alpha value is -2.62. The van der Waals surface area contributed by atoms with Gasteiger partial charge in [0.15, 0.2) is 0 Å². The largest absolute Gasteiger partial charge is 0.481 e. The van der Waals surface area contributed by atoms with Gasteiger partial charge in [0.1, 0.15) is 0 Å². The molecule has 0 spiro atoms. The summed E-state index contributed by atoms with van der Waals surface area (Å²) in [6.07, 6.45) is -0.0253. The van der Waals surface area contributed by atoms with E-state index in [4.69, 9.17) is 5.11 Å². The Labute approximate surface area is 136 Å². The molecule has 0 heterocycles. The first-order chi connectivity index (χ1) is 10.8. The van der Waals surface area contributed by atoms with Gasteiger partial charge >= 0.3 is 5.97 Å². The van der Waals surface area contributed by atoms with Crippen LogP contribution in [0.5, 0.6) is 0 Å². The van der Waals surface area contributed by atoms with E-state index in [2.05, 4.69) is 26.1 Å². The van der Waals surface area contributed by atoms with Crippen molar-refractivity contribution in [2.24, 2.45) is 0 Å². The van der Waals surface area contributed by atoms with Gasteiger partial charge in [0, 0.05) is 11.3 Å². The second-order valence-corrected chi connectivity index (χ2v) is 6.55. The van der Waals surface area contributed by atoms with E-state index in [1.165, 1.54) is 5.56 Å². The average Bonchev–Trinajstić information content (AvgIpc) is 2.48. The van der Waals surface area contributed by atoms with Crippen LogP contribution in [0.25, 0.3) is 0 Å². The van der Waals surface area contributed by atoms with E-state index in [1.807, 2.05) is 24.3 Å². The van der Waals surface area contributed by atoms with E-state index < -0.39 is 5.97 Å². The summed E-state index contributed by atoms with van der Waals surface area (Å²) in [6.45, 7) is 6.38. The van der Waals surface area contributed by atoms with Crippen molar-refractivity contribution in [1.29, 1.82) is 0 Å². The molecule has 4 heteroatoms. The van der Waals surface area contributed by atoms with Gasteiger partial charge in [-0.2, -0.15) is 0 Å². The third-order valence-corrected chi connectivity index (χ3v) is 3.58. The minimum absolute atomic E-state index is 0.0253. The molecule has 2 N–H and O–H groups in total. The number of carboxylic acids is 1. The Morgan fingerprint density at radius 2 is 1.52 bits per heavy atom. The second-order valence-electron chi connectivity index (χ2n) is 6.55. The van der Waals surface area contributed by atoms with Crippen LogP contribution >= 0.6 is 0 Å². The van der Waals surface area contributed by atoms with E-state index in [9.17, 15) is 9.59 Å². The molecule has 2 rings (SSSR count). The maximum atomic E-state index is 12.2.